The van der Waals surface area contributed by atoms with Crippen molar-refractivity contribution in [2.24, 2.45) is 0 Å². The van der Waals surface area contributed by atoms with Crippen LogP contribution in [0.15, 0.2) is 59.5 Å². The number of hydrogen-bond donors (Lipinski definition) is 1. The normalized spacial score (nSPS) is 19.5. The second kappa shape index (κ2) is 9.82. The van der Waals surface area contributed by atoms with Gasteiger partial charge in [0.1, 0.15) is 0 Å². The van der Waals surface area contributed by atoms with E-state index in [1.165, 1.54) is 22.6 Å². The SMILES string of the molecule is CC(C(O)c1ccc2c(c1)CCCS2)N1CCN(C(=O)/C=C/c2ccccc2)CC1. The maximum absolute atomic E-state index is 12.5. The minimum atomic E-state index is -0.512. The Hall–Kier alpha value is -2.08. The monoisotopic (exact) mass is 422 g/mol. The van der Waals surface area contributed by atoms with Crippen molar-refractivity contribution < 1.29 is 9.90 Å². The summed E-state index contributed by atoms with van der Waals surface area (Å²) in [7, 11) is 0. The first kappa shape index (κ1) is 21.2. The first-order valence-electron chi connectivity index (χ1n) is 10.8. The lowest BCUT2D eigenvalue weighted by Crippen LogP contribution is -2.52. The van der Waals surface area contributed by atoms with Gasteiger partial charge in [0, 0.05) is 43.2 Å². The van der Waals surface area contributed by atoms with Gasteiger partial charge in [-0.05, 0) is 54.4 Å². The van der Waals surface area contributed by atoms with Crippen molar-refractivity contribution >= 4 is 23.7 Å². The Kier molecular flexibility index (Phi) is 6.93. The molecule has 0 spiro atoms. The molecule has 1 amide bonds. The summed E-state index contributed by atoms with van der Waals surface area (Å²) >= 11 is 1.92. The molecule has 0 aliphatic carbocycles. The minimum Gasteiger partial charge on any atom is -0.387 e. The van der Waals surface area contributed by atoms with E-state index in [-0.39, 0.29) is 11.9 Å². The number of amides is 1. The molecule has 4 nitrogen and oxygen atoms in total. The van der Waals surface area contributed by atoms with Crippen molar-refractivity contribution in [1.29, 1.82) is 0 Å². The third-order valence-corrected chi connectivity index (χ3v) is 7.35. The van der Waals surface area contributed by atoms with Gasteiger partial charge in [0.05, 0.1) is 6.10 Å². The predicted molar refractivity (Wildman–Crippen MR) is 124 cm³/mol. The molecule has 2 heterocycles. The molecular weight excluding hydrogens is 392 g/mol. The zero-order valence-electron chi connectivity index (χ0n) is 17.5. The molecule has 30 heavy (non-hydrogen) atoms. The number of benzene rings is 2. The van der Waals surface area contributed by atoms with Crippen LogP contribution in [0, 0.1) is 0 Å². The van der Waals surface area contributed by atoms with Crippen LogP contribution in [0.5, 0.6) is 0 Å². The second-order valence-electron chi connectivity index (χ2n) is 8.11. The van der Waals surface area contributed by atoms with Crippen LogP contribution in [0.4, 0.5) is 0 Å². The summed E-state index contributed by atoms with van der Waals surface area (Å²) in [5.74, 6) is 1.24. The van der Waals surface area contributed by atoms with Crippen LogP contribution in [-0.4, -0.2) is 58.8 Å². The lowest BCUT2D eigenvalue weighted by atomic mass is 9.98. The zero-order chi connectivity index (χ0) is 20.9. The predicted octanol–water partition coefficient (Wildman–Crippen LogP) is 4.00. The topological polar surface area (TPSA) is 43.8 Å². The van der Waals surface area contributed by atoms with Crippen molar-refractivity contribution in [1.82, 2.24) is 9.80 Å². The van der Waals surface area contributed by atoms with E-state index >= 15 is 0 Å². The molecule has 0 aromatic heterocycles. The molecule has 0 saturated carbocycles. The maximum Gasteiger partial charge on any atom is 0.246 e. The highest BCUT2D eigenvalue weighted by Crippen LogP contribution is 2.33. The van der Waals surface area contributed by atoms with Gasteiger partial charge in [-0.2, -0.15) is 0 Å². The number of aliphatic hydroxyl groups excluding tert-OH is 1. The third kappa shape index (κ3) is 4.97. The van der Waals surface area contributed by atoms with Crippen LogP contribution in [0.1, 0.15) is 36.1 Å². The molecule has 158 valence electrons. The molecule has 2 aliphatic heterocycles. The largest absolute Gasteiger partial charge is 0.387 e. The zero-order valence-corrected chi connectivity index (χ0v) is 18.4. The van der Waals surface area contributed by atoms with Gasteiger partial charge in [0.25, 0.3) is 0 Å². The van der Waals surface area contributed by atoms with E-state index in [4.69, 9.17) is 0 Å². The summed E-state index contributed by atoms with van der Waals surface area (Å²) in [4.78, 5) is 18.1. The highest BCUT2D eigenvalue weighted by Gasteiger charge is 2.28. The summed E-state index contributed by atoms with van der Waals surface area (Å²) in [5, 5.41) is 11.0. The van der Waals surface area contributed by atoms with Crippen LogP contribution in [-0.2, 0) is 11.2 Å². The Morgan fingerprint density at radius 1 is 1.10 bits per heavy atom. The smallest absolute Gasteiger partial charge is 0.246 e. The van der Waals surface area contributed by atoms with E-state index in [2.05, 4.69) is 30.0 Å². The molecule has 1 fully saturated rings. The van der Waals surface area contributed by atoms with E-state index in [1.807, 2.05) is 53.1 Å². The summed E-state index contributed by atoms with van der Waals surface area (Å²) < 4.78 is 0. The van der Waals surface area contributed by atoms with Crippen molar-refractivity contribution in [3.8, 4) is 0 Å². The fourth-order valence-electron chi connectivity index (χ4n) is 4.23. The fraction of sp³-hybridized carbons (Fsp3) is 0.400. The lowest BCUT2D eigenvalue weighted by molar-refractivity contribution is -0.128. The van der Waals surface area contributed by atoms with Gasteiger partial charge in [0.15, 0.2) is 0 Å². The Bertz CT molecular complexity index is 891. The van der Waals surface area contributed by atoms with Gasteiger partial charge < -0.3 is 10.0 Å². The number of piperazine rings is 1. The number of aryl methyl sites for hydroxylation is 1. The van der Waals surface area contributed by atoms with Gasteiger partial charge in [-0.25, -0.2) is 0 Å². The average molecular weight is 423 g/mol. The van der Waals surface area contributed by atoms with E-state index in [1.54, 1.807) is 6.08 Å². The Morgan fingerprint density at radius 2 is 1.87 bits per heavy atom. The quantitative estimate of drug-likeness (QED) is 0.740. The highest BCUT2D eigenvalue weighted by molar-refractivity contribution is 7.99. The molecule has 2 atom stereocenters. The maximum atomic E-state index is 12.5. The first-order chi connectivity index (χ1) is 14.6. The number of hydrogen-bond acceptors (Lipinski definition) is 4. The number of thioether (sulfide) groups is 1. The van der Waals surface area contributed by atoms with Crippen molar-refractivity contribution in [3.05, 3.63) is 71.3 Å². The van der Waals surface area contributed by atoms with Crippen molar-refractivity contribution in [3.63, 3.8) is 0 Å². The molecular formula is C25H30N2O2S. The van der Waals surface area contributed by atoms with Gasteiger partial charge in [-0.15, -0.1) is 11.8 Å². The van der Waals surface area contributed by atoms with Gasteiger partial charge in [-0.1, -0.05) is 42.5 Å². The molecule has 0 radical (unpaired) electrons. The van der Waals surface area contributed by atoms with E-state index in [0.717, 1.165) is 30.6 Å². The van der Waals surface area contributed by atoms with E-state index in [9.17, 15) is 9.90 Å². The third-order valence-electron chi connectivity index (χ3n) is 6.15. The van der Waals surface area contributed by atoms with Gasteiger partial charge in [0.2, 0.25) is 5.91 Å². The average Bonchev–Trinajstić information content (AvgIpc) is 2.82. The number of aliphatic hydroxyl groups is 1. The second-order valence-corrected chi connectivity index (χ2v) is 9.25. The molecule has 0 bridgehead atoms. The summed E-state index contributed by atoms with van der Waals surface area (Å²) in [6.45, 7) is 5.03. The summed E-state index contributed by atoms with van der Waals surface area (Å²) in [6, 6.07) is 16.3. The molecule has 2 aromatic carbocycles. The molecule has 2 aliphatic rings. The van der Waals surface area contributed by atoms with Gasteiger partial charge >= 0.3 is 0 Å². The van der Waals surface area contributed by atoms with Crippen LogP contribution in [0.3, 0.4) is 0 Å². The van der Waals surface area contributed by atoms with Crippen LogP contribution in [0.25, 0.3) is 6.08 Å². The Labute approximate surface area is 183 Å². The van der Waals surface area contributed by atoms with Crippen LogP contribution in [0.2, 0.25) is 0 Å². The van der Waals surface area contributed by atoms with Crippen LogP contribution < -0.4 is 0 Å². The Morgan fingerprint density at radius 3 is 2.63 bits per heavy atom. The molecule has 2 unspecified atom stereocenters. The summed E-state index contributed by atoms with van der Waals surface area (Å²) in [5.41, 5.74) is 3.41. The van der Waals surface area contributed by atoms with Crippen molar-refractivity contribution in [2.45, 2.75) is 36.8 Å². The van der Waals surface area contributed by atoms with Crippen molar-refractivity contribution in [2.75, 3.05) is 31.9 Å². The molecule has 5 heteroatoms. The number of carbonyl (C=O) groups is 1. The van der Waals surface area contributed by atoms with Gasteiger partial charge in [-0.3, -0.25) is 9.69 Å². The number of carbonyl (C=O) groups excluding carboxylic acids is 1. The molecule has 4 rings (SSSR count). The molecule has 1 saturated heterocycles. The lowest BCUT2D eigenvalue weighted by Gasteiger charge is -2.39. The standard InChI is InChI=1S/C25H30N2O2S/c1-19(25(29)22-10-11-23-21(18-22)8-5-17-30-23)26-13-15-27(16-14-26)24(28)12-9-20-6-3-2-4-7-20/h2-4,6-7,9-12,18-19,25,29H,5,8,13-17H2,1H3/b12-9+. The van der Waals surface area contributed by atoms with Crippen LogP contribution >= 0.6 is 11.8 Å². The van der Waals surface area contributed by atoms with E-state index in [0.29, 0.717) is 13.1 Å². The van der Waals surface area contributed by atoms with E-state index < -0.39 is 6.10 Å². The number of rotatable bonds is 5. The highest BCUT2D eigenvalue weighted by atomic mass is 32.2. The molecule has 1 N–H and O–H groups in total. The number of nitrogens with zero attached hydrogens (tertiary/aromatic N) is 2. The first-order valence-corrected chi connectivity index (χ1v) is 11.8. The number of fused-ring (bicyclic) bond motifs is 1. The minimum absolute atomic E-state index is 0.0245. The molecule has 2 aromatic rings. The summed E-state index contributed by atoms with van der Waals surface area (Å²) in [6.07, 6.45) is 5.34. The fourth-order valence-corrected chi connectivity index (χ4v) is 5.25. The Balaban J connectivity index is 1.32.